The lowest BCUT2D eigenvalue weighted by atomic mass is 9.76. The van der Waals surface area contributed by atoms with Crippen LogP contribution >= 0.6 is 0 Å². The molecule has 6 heteroatoms. The summed E-state index contributed by atoms with van der Waals surface area (Å²) in [6.07, 6.45) is -3.91. The van der Waals surface area contributed by atoms with E-state index >= 15 is 0 Å². The Morgan fingerprint density at radius 1 is 0.688 bits per heavy atom. The molecule has 92 valence electrons. The van der Waals surface area contributed by atoms with Gasteiger partial charge in [-0.25, -0.2) is 17.6 Å². The van der Waals surface area contributed by atoms with Crippen LogP contribution in [0.2, 0.25) is 0 Å². The summed E-state index contributed by atoms with van der Waals surface area (Å²) in [4.78, 5) is 0. The molecule has 0 heterocycles. The fourth-order valence-corrected chi connectivity index (χ4v) is 3.33. The van der Waals surface area contributed by atoms with E-state index in [1.165, 1.54) is 0 Å². The third-order valence-electron chi connectivity index (χ3n) is 4.93. The van der Waals surface area contributed by atoms with E-state index in [-0.39, 0.29) is 25.7 Å². The SMILES string of the molecule is OC1C(F)(F)C12CCC1(CC2)C(O)C1(F)F. The van der Waals surface area contributed by atoms with Crippen LogP contribution in [0.4, 0.5) is 17.6 Å². The van der Waals surface area contributed by atoms with Crippen molar-refractivity contribution >= 4 is 0 Å². The van der Waals surface area contributed by atoms with Crippen molar-refractivity contribution in [2.24, 2.45) is 10.8 Å². The normalized spacial score (nSPS) is 56.6. The van der Waals surface area contributed by atoms with Crippen LogP contribution in [0.15, 0.2) is 0 Å². The van der Waals surface area contributed by atoms with Crippen molar-refractivity contribution in [1.29, 1.82) is 0 Å². The molecule has 2 unspecified atom stereocenters. The third kappa shape index (κ3) is 0.817. The van der Waals surface area contributed by atoms with Crippen molar-refractivity contribution in [2.45, 2.75) is 49.7 Å². The lowest BCUT2D eigenvalue weighted by molar-refractivity contribution is 0.00216. The molecule has 0 aromatic carbocycles. The Hall–Kier alpha value is -0.360. The maximum absolute atomic E-state index is 13.1. The first-order chi connectivity index (χ1) is 7.22. The fraction of sp³-hybridized carbons (Fsp3) is 1.00. The van der Waals surface area contributed by atoms with Gasteiger partial charge in [-0.2, -0.15) is 0 Å². The molecule has 16 heavy (non-hydrogen) atoms. The van der Waals surface area contributed by atoms with E-state index in [0.717, 1.165) is 0 Å². The van der Waals surface area contributed by atoms with Crippen LogP contribution in [0.1, 0.15) is 25.7 Å². The summed E-state index contributed by atoms with van der Waals surface area (Å²) in [6, 6.07) is 0. The number of hydrogen-bond donors (Lipinski definition) is 2. The van der Waals surface area contributed by atoms with E-state index in [2.05, 4.69) is 0 Å². The number of alkyl halides is 4. The Labute approximate surface area is 89.3 Å². The maximum Gasteiger partial charge on any atom is 0.282 e. The molecule has 3 saturated carbocycles. The Kier molecular flexibility index (Phi) is 1.62. The standard InChI is InChI=1S/C10H12F4O2/c11-9(12)5(15)7(9)1-2-8(4-3-7)6(16)10(8,13)14/h5-6,15-16H,1-4H2. The minimum absolute atomic E-state index is 0.131. The van der Waals surface area contributed by atoms with Crippen molar-refractivity contribution in [2.75, 3.05) is 0 Å². The minimum Gasteiger partial charge on any atom is -0.386 e. The molecule has 2 atom stereocenters. The molecule has 3 aliphatic carbocycles. The summed E-state index contributed by atoms with van der Waals surface area (Å²) in [6.45, 7) is 0. The highest BCUT2D eigenvalue weighted by Gasteiger charge is 2.87. The van der Waals surface area contributed by atoms with E-state index in [1.807, 2.05) is 0 Å². The lowest BCUT2D eigenvalue weighted by Crippen LogP contribution is -2.26. The highest BCUT2D eigenvalue weighted by Crippen LogP contribution is 2.76. The maximum atomic E-state index is 13.1. The van der Waals surface area contributed by atoms with Crippen molar-refractivity contribution in [3.8, 4) is 0 Å². The summed E-state index contributed by atoms with van der Waals surface area (Å²) >= 11 is 0. The number of hydrogen-bond acceptors (Lipinski definition) is 2. The molecule has 3 fully saturated rings. The number of rotatable bonds is 0. The average molecular weight is 240 g/mol. The lowest BCUT2D eigenvalue weighted by Gasteiger charge is -2.28. The van der Waals surface area contributed by atoms with Gasteiger partial charge in [0.1, 0.15) is 12.2 Å². The van der Waals surface area contributed by atoms with Crippen LogP contribution in [-0.4, -0.2) is 34.3 Å². The molecule has 2 nitrogen and oxygen atoms in total. The summed E-state index contributed by atoms with van der Waals surface area (Å²) in [7, 11) is 0. The summed E-state index contributed by atoms with van der Waals surface area (Å²) in [5.74, 6) is -6.27. The van der Waals surface area contributed by atoms with E-state index in [9.17, 15) is 17.6 Å². The third-order valence-corrected chi connectivity index (χ3v) is 4.93. The van der Waals surface area contributed by atoms with Crippen LogP contribution in [0.3, 0.4) is 0 Å². The van der Waals surface area contributed by atoms with Crippen molar-refractivity contribution < 1.29 is 27.8 Å². The molecular formula is C10H12F4O2. The fourth-order valence-electron chi connectivity index (χ4n) is 3.33. The van der Waals surface area contributed by atoms with E-state index in [4.69, 9.17) is 10.2 Å². The van der Waals surface area contributed by atoms with E-state index in [1.54, 1.807) is 0 Å². The Bertz CT molecular complexity index is 313. The molecular weight excluding hydrogens is 228 g/mol. The van der Waals surface area contributed by atoms with Crippen LogP contribution in [0.5, 0.6) is 0 Å². The second-order valence-electron chi connectivity index (χ2n) is 5.36. The number of aliphatic hydroxyl groups is 2. The van der Waals surface area contributed by atoms with Crippen LogP contribution in [0.25, 0.3) is 0 Å². The predicted molar refractivity (Wildman–Crippen MR) is 45.2 cm³/mol. The van der Waals surface area contributed by atoms with Gasteiger partial charge in [-0.1, -0.05) is 0 Å². The molecule has 0 aromatic heterocycles. The van der Waals surface area contributed by atoms with Gasteiger partial charge in [0.25, 0.3) is 11.8 Å². The molecule has 0 amide bonds. The van der Waals surface area contributed by atoms with Gasteiger partial charge in [-0.3, -0.25) is 0 Å². The summed E-state index contributed by atoms with van der Waals surface area (Å²) in [5.41, 5.74) is -2.98. The smallest absolute Gasteiger partial charge is 0.282 e. The minimum atomic E-state index is -3.14. The first kappa shape index (κ1) is 10.8. The molecule has 3 aliphatic rings. The van der Waals surface area contributed by atoms with Gasteiger partial charge in [-0.05, 0) is 25.7 Å². The van der Waals surface area contributed by atoms with Gasteiger partial charge in [-0.15, -0.1) is 0 Å². The quantitative estimate of drug-likeness (QED) is 0.631. The summed E-state index contributed by atoms with van der Waals surface area (Å²) in [5, 5.41) is 18.3. The Morgan fingerprint density at radius 2 is 0.875 bits per heavy atom. The molecule has 0 bridgehead atoms. The molecule has 0 aromatic rings. The second kappa shape index (κ2) is 2.41. The summed E-state index contributed by atoms with van der Waals surface area (Å²) < 4.78 is 52.5. The second-order valence-corrected chi connectivity index (χ2v) is 5.36. The van der Waals surface area contributed by atoms with Crippen LogP contribution in [0, 0.1) is 10.8 Å². The Morgan fingerprint density at radius 3 is 1.00 bits per heavy atom. The molecule has 3 rings (SSSR count). The zero-order valence-corrected chi connectivity index (χ0v) is 8.39. The molecule has 2 N–H and O–H groups in total. The zero-order valence-electron chi connectivity index (χ0n) is 8.39. The molecule has 0 aliphatic heterocycles. The number of aliphatic hydroxyl groups excluding tert-OH is 2. The van der Waals surface area contributed by atoms with Crippen LogP contribution < -0.4 is 0 Å². The predicted octanol–water partition coefficient (Wildman–Crippen LogP) is 1.55. The van der Waals surface area contributed by atoms with Crippen molar-refractivity contribution in [1.82, 2.24) is 0 Å². The van der Waals surface area contributed by atoms with Gasteiger partial charge in [0, 0.05) is 0 Å². The number of halogens is 4. The molecule has 0 saturated heterocycles. The topological polar surface area (TPSA) is 40.5 Å². The van der Waals surface area contributed by atoms with Crippen LogP contribution in [-0.2, 0) is 0 Å². The van der Waals surface area contributed by atoms with Crippen molar-refractivity contribution in [3.05, 3.63) is 0 Å². The first-order valence-electron chi connectivity index (χ1n) is 5.34. The molecule has 2 spiro atoms. The van der Waals surface area contributed by atoms with Gasteiger partial charge in [0.15, 0.2) is 0 Å². The monoisotopic (exact) mass is 240 g/mol. The van der Waals surface area contributed by atoms with E-state index in [0.29, 0.717) is 0 Å². The largest absolute Gasteiger partial charge is 0.386 e. The first-order valence-corrected chi connectivity index (χ1v) is 5.34. The van der Waals surface area contributed by atoms with Gasteiger partial charge in [0.05, 0.1) is 10.8 Å². The zero-order chi connectivity index (χ0) is 12.0. The highest BCUT2D eigenvalue weighted by molar-refractivity contribution is 5.27. The van der Waals surface area contributed by atoms with Gasteiger partial charge < -0.3 is 10.2 Å². The molecule has 0 radical (unpaired) electrons. The van der Waals surface area contributed by atoms with Gasteiger partial charge >= 0.3 is 0 Å². The average Bonchev–Trinajstić information content (AvgIpc) is 2.82. The van der Waals surface area contributed by atoms with Crippen molar-refractivity contribution in [3.63, 3.8) is 0 Å². The van der Waals surface area contributed by atoms with E-state index < -0.39 is 34.9 Å². The van der Waals surface area contributed by atoms with Gasteiger partial charge in [0.2, 0.25) is 0 Å². The highest BCUT2D eigenvalue weighted by atomic mass is 19.3. The Balaban J connectivity index is 1.76.